The lowest BCUT2D eigenvalue weighted by molar-refractivity contribution is 0.595. The molecule has 2 N–H and O–H groups in total. The lowest BCUT2D eigenvalue weighted by Gasteiger charge is -2.01. The second-order valence-electron chi connectivity index (χ2n) is 3.31. The molecule has 88 valence electrons. The summed E-state index contributed by atoms with van der Waals surface area (Å²) in [6, 6.07) is 4.97. The van der Waals surface area contributed by atoms with Crippen molar-refractivity contribution in [2.24, 2.45) is 0 Å². The first-order chi connectivity index (χ1) is 6.89. The summed E-state index contributed by atoms with van der Waals surface area (Å²) in [4.78, 5) is 0. The number of nitrogens with two attached hydrogens (primary N) is 1. The molecule has 1 heterocycles. The van der Waals surface area contributed by atoms with E-state index in [1.54, 1.807) is 18.2 Å². The van der Waals surface area contributed by atoms with Crippen molar-refractivity contribution in [3.05, 3.63) is 29.4 Å². The van der Waals surface area contributed by atoms with Crippen LogP contribution in [-0.2, 0) is 10.0 Å². The number of hydrogen-bond donors (Lipinski definition) is 1. The Bertz CT molecular complexity index is 634. The third-order valence-corrected chi connectivity index (χ3v) is 3.42. The average molecular weight is 281 g/mol. The van der Waals surface area contributed by atoms with Crippen molar-refractivity contribution in [1.29, 1.82) is 0 Å². The number of halogens is 2. The van der Waals surface area contributed by atoms with Gasteiger partial charge in [-0.2, -0.15) is 0 Å². The molecule has 0 aliphatic rings. The van der Waals surface area contributed by atoms with E-state index >= 15 is 0 Å². The van der Waals surface area contributed by atoms with Crippen molar-refractivity contribution in [2.45, 2.75) is 0 Å². The number of nitrogen functional groups attached to an aromatic ring is 1. The lowest BCUT2D eigenvalue weighted by atomic mass is 10.2. The van der Waals surface area contributed by atoms with E-state index in [0.717, 1.165) is 10.2 Å². The Balaban J connectivity index is 0.00000128. The highest BCUT2D eigenvalue weighted by atomic mass is 35.5. The van der Waals surface area contributed by atoms with Gasteiger partial charge in [-0.25, -0.2) is 12.4 Å². The van der Waals surface area contributed by atoms with Crippen molar-refractivity contribution in [1.82, 2.24) is 3.97 Å². The molecule has 0 unspecified atom stereocenters. The Hall–Kier alpha value is -0.910. The Labute approximate surface area is 104 Å². The van der Waals surface area contributed by atoms with Crippen molar-refractivity contribution in [3.8, 4) is 0 Å². The largest absolute Gasteiger partial charge is 0.399 e. The van der Waals surface area contributed by atoms with Gasteiger partial charge in [0.05, 0.1) is 16.8 Å². The summed E-state index contributed by atoms with van der Waals surface area (Å²) in [5, 5.41) is 1.08. The van der Waals surface area contributed by atoms with E-state index in [2.05, 4.69) is 0 Å². The lowest BCUT2D eigenvalue weighted by Crippen LogP contribution is -2.08. The number of rotatable bonds is 1. The van der Waals surface area contributed by atoms with E-state index in [0.29, 0.717) is 21.6 Å². The van der Waals surface area contributed by atoms with Crippen LogP contribution in [0.15, 0.2) is 24.4 Å². The van der Waals surface area contributed by atoms with Crippen LogP contribution in [0.25, 0.3) is 10.9 Å². The van der Waals surface area contributed by atoms with Gasteiger partial charge in [-0.3, -0.25) is 0 Å². The predicted molar refractivity (Wildman–Crippen MR) is 68.9 cm³/mol. The van der Waals surface area contributed by atoms with Crippen LogP contribution < -0.4 is 5.73 Å². The third kappa shape index (κ3) is 2.11. The Morgan fingerprint density at radius 3 is 2.56 bits per heavy atom. The molecule has 2 rings (SSSR count). The Morgan fingerprint density at radius 1 is 1.38 bits per heavy atom. The number of anilines is 1. The fourth-order valence-electron chi connectivity index (χ4n) is 1.45. The summed E-state index contributed by atoms with van der Waals surface area (Å²) < 4.78 is 24.0. The minimum atomic E-state index is -3.35. The quantitative estimate of drug-likeness (QED) is 0.814. The van der Waals surface area contributed by atoms with E-state index in [4.69, 9.17) is 17.3 Å². The molecule has 0 radical (unpaired) electrons. The van der Waals surface area contributed by atoms with Gasteiger partial charge < -0.3 is 5.73 Å². The minimum Gasteiger partial charge on any atom is -0.399 e. The zero-order valence-corrected chi connectivity index (χ0v) is 10.7. The third-order valence-electron chi connectivity index (χ3n) is 2.10. The van der Waals surface area contributed by atoms with Gasteiger partial charge in [0.25, 0.3) is 0 Å². The van der Waals surface area contributed by atoms with Crippen molar-refractivity contribution in [2.75, 3.05) is 12.0 Å². The number of hydrogen-bond acceptors (Lipinski definition) is 3. The molecule has 0 fully saturated rings. The molecule has 4 nitrogen and oxygen atoms in total. The maximum atomic E-state index is 11.4. The highest BCUT2D eigenvalue weighted by Crippen LogP contribution is 2.28. The second kappa shape index (κ2) is 4.16. The van der Waals surface area contributed by atoms with E-state index in [-0.39, 0.29) is 12.4 Å². The predicted octanol–water partition coefficient (Wildman–Crippen LogP) is 2.11. The number of aromatic nitrogens is 1. The van der Waals surface area contributed by atoms with Gasteiger partial charge in [0, 0.05) is 17.3 Å². The molecule has 0 amide bonds. The van der Waals surface area contributed by atoms with Gasteiger partial charge in [-0.1, -0.05) is 11.6 Å². The minimum absolute atomic E-state index is 0. The first kappa shape index (κ1) is 13.2. The molecule has 0 saturated heterocycles. The van der Waals surface area contributed by atoms with Gasteiger partial charge in [0.1, 0.15) is 0 Å². The summed E-state index contributed by atoms with van der Waals surface area (Å²) in [6.45, 7) is 0. The first-order valence-corrected chi connectivity index (χ1v) is 6.39. The summed E-state index contributed by atoms with van der Waals surface area (Å²) in [6.07, 6.45) is 2.49. The van der Waals surface area contributed by atoms with Crippen LogP contribution >= 0.6 is 24.0 Å². The van der Waals surface area contributed by atoms with Gasteiger partial charge in [0.15, 0.2) is 0 Å². The monoisotopic (exact) mass is 280 g/mol. The maximum Gasteiger partial charge on any atom is 0.236 e. The molecule has 0 aliphatic heterocycles. The molecule has 2 aromatic rings. The number of nitrogens with zero attached hydrogens (tertiary/aromatic N) is 1. The molecule has 0 bridgehead atoms. The molecule has 16 heavy (non-hydrogen) atoms. The normalized spacial score (nSPS) is 11.4. The Morgan fingerprint density at radius 2 is 2.00 bits per heavy atom. The van der Waals surface area contributed by atoms with E-state index < -0.39 is 10.0 Å². The summed E-state index contributed by atoms with van der Waals surface area (Å²) in [5.74, 6) is 0. The second-order valence-corrected chi connectivity index (χ2v) is 5.58. The van der Waals surface area contributed by atoms with E-state index in [1.165, 1.54) is 6.20 Å². The summed E-state index contributed by atoms with van der Waals surface area (Å²) in [7, 11) is -3.35. The molecule has 7 heteroatoms. The van der Waals surface area contributed by atoms with E-state index in [1.807, 2.05) is 0 Å². The highest BCUT2D eigenvalue weighted by molar-refractivity contribution is 7.89. The SMILES string of the molecule is CS(=O)(=O)n1cc(Cl)c2ccc(N)cc21.Cl. The van der Waals surface area contributed by atoms with Crippen molar-refractivity contribution < 1.29 is 8.42 Å². The molecule has 1 aromatic carbocycles. The van der Waals surface area contributed by atoms with Gasteiger partial charge >= 0.3 is 0 Å². The van der Waals surface area contributed by atoms with Crippen LogP contribution in [0.4, 0.5) is 5.69 Å². The maximum absolute atomic E-state index is 11.4. The Kier molecular flexibility index (Phi) is 3.42. The average Bonchev–Trinajstić information content (AvgIpc) is 2.42. The van der Waals surface area contributed by atoms with Crippen LogP contribution in [0.2, 0.25) is 5.02 Å². The standard InChI is InChI=1S/C9H9ClN2O2S.ClH/c1-15(13,14)12-5-8(10)7-3-2-6(11)4-9(7)12;/h2-5H,11H2,1H3;1H. The fourth-order valence-corrected chi connectivity index (χ4v) is 2.57. The van der Waals surface area contributed by atoms with Gasteiger partial charge in [-0.05, 0) is 18.2 Å². The topological polar surface area (TPSA) is 65.1 Å². The summed E-state index contributed by atoms with van der Waals surface area (Å²) in [5.41, 5.74) is 6.60. The van der Waals surface area contributed by atoms with Gasteiger partial charge in [-0.15, -0.1) is 12.4 Å². The molecule has 0 spiro atoms. The van der Waals surface area contributed by atoms with Crippen LogP contribution in [0, 0.1) is 0 Å². The van der Waals surface area contributed by atoms with Gasteiger partial charge in [0.2, 0.25) is 10.0 Å². The highest BCUT2D eigenvalue weighted by Gasteiger charge is 2.13. The van der Waals surface area contributed by atoms with Crippen molar-refractivity contribution >= 4 is 50.6 Å². The first-order valence-electron chi connectivity index (χ1n) is 4.16. The van der Waals surface area contributed by atoms with Crippen LogP contribution in [0.3, 0.4) is 0 Å². The molecule has 0 aliphatic carbocycles. The number of fused-ring (bicyclic) bond motifs is 1. The molecular formula is C9H10Cl2N2O2S. The molecule has 0 atom stereocenters. The number of benzene rings is 1. The zero-order valence-electron chi connectivity index (χ0n) is 8.34. The smallest absolute Gasteiger partial charge is 0.236 e. The van der Waals surface area contributed by atoms with E-state index in [9.17, 15) is 8.42 Å². The van der Waals surface area contributed by atoms with Crippen LogP contribution in [0.5, 0.6) is 0 Å². The fraction of sp³-hybridized carbons (Fsp3) is 0.111. The zero-order chi connectivity index (χ0) is 11.2. The molecular weight excluding hydrogens is 271 g/mol. The summed E-state index contributed by atoms with van der Waals surface area (Å²) >= 11 is 5.91. The molecule has 0 saturated carbocycles. The van der Waals surface area contributed by atoms with Crippen molar-refractivity contribution in [3.63, 3.8) is 0 Å². The van der Waals surface area contributed by atoms with Crippen LogP contribution in [0.1, 0.15) is 0 Å². The van der Waals surface area contributed by atoms with Crippen LogP contribution in [-0.4, -0.2) is 18.6 Å². The molecule has 1 aromatic heterocycles.